The molecule has 0 spiro atoms. The average Bonchev–Trinajstić information content (AvgIpc) is 2.28. The van der Waals surface area contributed by atoms with Crippen molar-refractivity contribution in [2.45, 2.75) is 25.6 Å². The Balaban J connectivity index is 0. The van der Waals surface area contributed by atoms with Crippen LogP contribution in [0.4, 0.5) is 0 Å². The molecule has 0 unspecified atom stereocenters. The maximum atomic E-state index is 11.2. The minimum atomic E-state index is -0.710. The van der Waals surface area contributed by atoms with E-state index in [0.717, 1.165) is 16.8 Å². The van der Waals surface area contributed by atoms with E-state index in [4.69, 9.17) is 27.9 Å². The molecular formula is C10H17Cl2NO2S. The van der Waals surface area contributed by atoms with E-state index in [1.54, 1.807) is 14.0 Å². The minimum Gasteiger partial charge on any atom is -0.459 e. The molecule has 0 heterocycles. The molecule has 0 rings (SSSR count). The molecule has 0 aliphatic carbocycles. The third kappa shape index (κ3) is 10.3. The number of aliphatic imine (C=N–C) groups is 1. The predicted molar refractivity (Wildman–Crippen MR) is 73.6 cm³/mol. The molecule has 0 aliphatic rings. The molecule has 0 aromatic heterocycles. The summed E-state index contributed by atoms with van der Waals surface area (Å²) in [6.07, 6.45) is 0. The Hall–Kier alpha value is -0.190. The van der Waals surface area contributed by atoms with E-state index in [1.165, 1.54) is 0 Å². The molecule has 0 atom stereocenters. The molecule has 94 valence electrons. The van der Waals surface area contributed by atoms with Crippen LogP contribution in [-0.2, 0) is 9.53 Å². The molecule has 0 saturated heterocycles. The zero-order valence-corrected chi connectivity index (χ0v) is 12.2. The Morgan fingerprint density at radius 3 is 2.38 bits per heavy atom. The number of alkyl halides is 2. The third-order valence-electron chi connectivity index (χ3n) is 1.15. The number of halogens is 2. The van der Waals surface area contributed by atoms with Crippen LogP contribution in [0.5, 0.6) is 0 Å². The Bertz CT molecular complexity index is 255. The van der Waals surface area contributed by atoms with Gasteiger partial charge in [-0.05, 0) is 6.92 Å². The predicted octanol–water partition coefficient (Wildman–Crippen LogP) is 3.65. The van der Waals surface area contributed by atoms with Crippen molar-refractivity contribution in [3.05, 3.63) is 11.5 Å². The minimum absolute atomic E-state index is 0.0379. The second kappa shape index (κ2) is 11.3. The van der Waals surface area contributed by atoms with E-state index >= 15 is 0 Å². The fourth-order valence-electron chi connectivity index (χ4n) is 0.485. The van der Waals surface area contributed by atoms with Crippen LogP contribution in [0.2, 0.25) is 0 Å². The van der Waals surface area contributed by atoms with Gasteiger partial charge in [0.2, 0.25) is 0 Å². The lowest BCUT2D eigenvalue weighted by Crippen LogP contribution is -2.11. The van der Waals surface area contributed by atoms with Gasteiger partial charge in [0.05, 0.1) is 9.95 Å². The fraction of sp³-hybridized carbons (Fsp3) is 0.600. The highest BCUT2D eigenvalue weighted by atomic mass is 35.5. The highest BCUT2D eigenvalue weighted by Crippen LogP contribution is 2.17. The lowest BCUT2D eigenvalue weighted by molar-refractivity contribution is -0.137. The van der Waals surface area contributed by atoms with Gasteiger partial charge in [0, 0.05) is 7.05 Å². The zero-order valence-electron chi connectivity index (χ0n) is 9.92. The summed E-state index contributed by atoms with van der Waals surface area (Å²) in [7, 11) is 1.63. The van der Waals surface area contributed by atoms with Crippen LogP contribution in [0.25, 0.3) is 0 Å². The van der Waals surface area contributed by atoms with Crippen LogP contribution in [0.3, 0.4) is 0 Å². The summed E-state index contributed by atoms with van der Waals surface area (Å²) < 4.78 is 4.73. The maximum absolute atomic E-state index is 11.2. The molecule has 6 heteroatoms. The molecule has 3 nitrogen and oxygen atoms in total. The SMILES string of the molecule is C=C(SC(C)=NC)C(=O)OCC(Cl)Cl.CC. The molecular weight excluding hydrogens is 269 g/mol. The Morgan fingerprint density at radius 2 is 2.00 bits per heavy atom. The number of rotatable bonds is 4. The molecule has 0 saturated carbocycles. The van der Waals surface area contributed by atoms with Crippen molar-refractivity contribution in [1.29, 1.82) is 0 Å². The fourth-order valence-corrected chi connectivity index (χ4v) is 1.20. The number of carbonyl (C=O) groups excluding carboxylic acids is 1. The number of hydrogen-bond acceptors (Lipinski definition) is 4. The first kappa shape index (κ1) is 18.2. The Kier molecular flexibility index (Phi) is 12.8. The maximum Gasteiger partial charge on any atom is 0.344 e. The second-order valence-electron chi connectivity index (χ2n) is 2.26. The van der Waals surface area contributed by atoms with Crippen molar-refractivity contribution in [1.82, 2.24) is 0 Å². The molecule has 0 radical (unpaired) electrons. The van der Waals surface area contributed by atoms with Crippen LogP contribution in [0, 0.1) is 0 Å². The van der Waals surface area contributed by atoms with Crippen LogP contribution >= 0.6 is 35.0 Å². The van der Waals surface area contributed by atoms with Crippen LogP contribution in [-0.4, -0.2) is 29.5 Å². The number of esters is 1. The molecule has 0 fully saturated rings. The molecule has 0 aromatic carbocycles. The zero-order chi connectivity index (χ0) is 13.1. The first-order chi connectivity index (χ1) is 7.47. The summed E-state index contributed by atoms with van der Waals surface area (Å²) in [4.78, 5) is 14.6. The van der Waals surface area contributed by atoms with Gasteiger partial charge in [-0.3, -0.25) is 4.99 Å². The molecule has 0 bridgehead atoms. The summed E-state index contributed by atoms with van der Waals surface area (Å²) in [5.74, 6) is -0.524. The number of ether oxygens (including phenoxy) is 1. The first-order valence-corrected chi connectivity index (χ1v) is 6.41. The highest BCUT2D eigenvalue weighted by Gasteiger charge is 2.11. The largest absolute Gasteiger partial charge is 0.459 e. The molecule has 16 heavy (non-hydrogen) atoms. The van der Waals surface area contributed by atoms with Crippen molar-refractivity contribution in [3.63, 3.8) is 0 Å². The van der Waals surface area contributed by atoms with Gasteiger partial charge in [0.15, 0.2) is 0 Å². The average molecular weight is 286 g/mol. The highest BCUT2D eigenvalue weighted by molar-refractivity contribution is 8.17. The molecule has 0 aromatic rings. The van der Waals surface area contributed by atoms with Crippen molar-refractivity contribution in [3.8, 4) is 0 Å². The number of thioether (sulfide) groups is 1. The smallest absolute Gasteiger partial charge is 0.344 e. The lowest BCUT2D eigenvalue weighted by atomic mass is 10.6. The summed E-state index contributed by atoms with van der Waals surface area (Å²) in [6.45, 7) is 9.28. The van der Waals surface area contributed by atoms with Crippen LogP contribution < -0.4 is 0 Å². The quantitative estimate of drug-likeness (QED) is 0.260. The Morgan fingerprint density at radius 1 is 1.50 bits per heavy atom. The van der Waals surface area contributed by atoms with Gasteiger partial charge >= 0.3 is 5.97 Å². The summed E-state index contributed by atoms with van der Waals surface area (Å²) in [6, 6.07) is 0. The standard InChI is InChI=1S/C8H11Cl2NO2S.C2H6/c1-5(14-6(2)11-3)8(12)13-4-7(9)10;1-2/h7H,1,4H2,2-3H3;1-2H3. The normalized spacial score (nSPS) is 10.6. The van der Waals surface area contributed by atoms with Gasteiger partial charge in [0.1, 0.15) is 11.4 Å². The van der Waals surface area contributed by atoms with Crippen molar-refractivity contribution >= 4 is 46.0 Å². The lowest BCUT2D eigenvalue weighted by Gasteiger charge is -2.06. The van der Waals surface area contributed by atoms with Crippen LogP contribution in [0.15, 0.2) is 16.5 Å². The van der Waals surface area contributed by atoms with Crippen molar-refractivity contribution in [2.75, 3.05) is 13.7 Å². The van der Waals surface area contributed by atoms with E-state index in [9.17, 15) is 4.79 Å². The van der Waals surface area contributed by atoms with Crippen molar-refractivity contribution < 1.29 is 9.53 Å². The monoisotopic (exact) mass is 285 g/mol. The van der Waals surface area contributed by atoms with E-state index in [-0.39, 0.29) is 11.5 Å². The number of carbonyl (C=O) groups is 1. The van der Waals surface area contributed by atoms with Gasteiger partial charge in [-0.15, -0.1) is 23.2 Å². The van der Waals surface area contributed by atoms with E-state index < -0.39 is 10.8 Å². The van der Waals surface area contributed by atoms with Crippen molar-refractivity contribution in [2.24, 2.45) is 4.99 Å². The summed E-state index contributed by atoms with van der Waals surface area (Å²) >= 11 is 11.9. The van der Waals surface area contributed by atoms with E-state index in [0.29, 0.717) is 0 Å². The van der Waals surface area contributed by atoms with Gasteiger partial charge < -0.3 is 4.74 Å². The second-order valence-corrected chi connectivity index (χ2v) is 4.82. The summed E-state index contributed by atoms with van der Waals surface area (Å²) in [5.41, 5.74) is 0. The van der Waals surface area contributed by atoms with E-state index in [2.05, 4.69) is 11.6 Å². The topological polar surface area (TPSA) is 38.7 Å². The Labute approximate surface area is 111 Å². The van der Waals surface area contributed by atoms with Gasteiger partial charge in [-0.2, -0.15) is 0 Å². The molecule has 0 N–H and O–H groups in total. The third-order valence-corrected chi connectivity index (χ3v) is 2.30. The van der Waals surface area contributed by atoms with E-state index in [1.807, 2.05) is 13.8 Å². The van der Waals surface area contributed by atoms with Gasteiger partial charge in [-0.25, -0.2) is 4.79 Å². The number of hydrogen-bond donors (Lipinski definition) is 0. The van der Waals surface area contributed by atoms with Gasteiger partial charge in [-0.1, -0.05) is 32.2 Å². The summed E-state index contributed by atoms with van der Waals surface area (Å²) in [5, 5.41) is 0.736. The first-order valence-electron chi connectivity index (χ1n) is 4.72. The van der Waals surface area contributed by atoms with Gasteiger partial charge in [0.25, 0.3) is 0 Å². The number of nitrogens with zero attached hydrogens (tertiary/aromatic N) is 1. The molecule has 0 aliphatic heterocycles. The molecule has 0 amide bonds. The van der Waals surface area contributed by atoms with Crippen LogP contribution in [0.1, 0.15) is 20.8 Å².